The largest absolute Gasteiger partial charge is 0.312 e. The highest BCUT2D eigenvalue weighted by Crippen LogP contribution is 2.38. The average Bonchev–Trinajstić information content (AvgIpc) is 2.95. The summed E-state index contributed by atoms with van der Waals surface area (Å²) in [5.74, 6) is 0.481. The third-order valence-electron chi connectivity index (χ3n) is 5.26. The first-order valence-electron chi connectivity index (χ1n) is 9.54. The molecule has 0 aliphatic carbocycles. The maximum Gasteiger partial charge on any atom is 0.261 e. The lowest BCUT2D eigenvalue weighted by atomic mass is 9.96. The number of nitrogens with zero attached hydrogens (tertiary/aromatic N) is 3. The molecule has 1 aromatic heterocycles. The van der Waals surface area contributed by atoms with Crippen LogP contribution in [-0.2, 0) is 17.8 Å². The average molecular weight is 361 g/mol. The molecule has 1 atom stereocenters. The summed E-state index contributed by atoms with van der Waals surface area (Å²) >= 11 is 0. The third-order valence-corrected chi connectivity index (χ3v) is 5.26. The van der Waals surface area contributed by atoms with E-state index in [1.807, 2.05) is 54.3 Å². The fraction of sp³-hybridized carbons (Fsp3) is 0.318. The Hall–Kier alpha value is -2.95. The maximum atomic E-state index is 13.1. The number of carbonyl (C=O) groups excluding carboxylic acids is 1. The van der Waals surface area contributed by atoms with Crippen LogP contribution in [0.2, 0.25) is 0 Å². The Morgan fingerprint density at radius 1 is 1.00 bits per heavy atom. The summed E-state index contributed by atoms with van der Waals surface area (Å²) in [6.45, 7) is 5.25. The smallest absolute Gasteiger partial charge is 0.261 e. The number of amides is 1. The lowest BCUT2D eigenvalue weighted by Crippen LogP contribution is -2.32. The van der Waals surface area contributed by atoms with Crippen LogP contribution in [0.3, 0.4) is 0 Å². The summed E-state index contributed by atoms with van der Waals surface area (Å²) in [7, 11) is 0. The van der Waals surface area contributed by atoms with Gasteiger partial charge in [-0.3, -0.25) is 14.2 Å². The van der Waals surface area contributed by atoms with Gasteiger partial charge in [-0.25, -0.2) is 4.98 Å². The Labute approximate surface area is 158 Å². The number of hydrogen-bond donors (Lipinski definition) is 0. The van der Waals surface area contributed by atoms with Gasteiger partial charge in [-0.15, -0.1) is 0 Å². The molecule has 0 unspecified atom stereocenters. The molecule has 1 aliphatic heterocycles. The summed E-state index contributed by atoms with van der Waals surface area (Å²) in [5, 5.41) is 0.619. The van der Waals surface area contributed by atoms with Gasteiger partial charge in [0.1, 0.15) is 5.82 Å². The van der Waals surface area contributed by atoms with Gasteiger partial charge in [0.25, 0.3) is 5.56 Å². The number of hydrogen-bond acceptors (Lipinski definition) is 3. The van der Waals surface area contributed by atoms with Gasteiger partial charge >= 0.3 is 0 Å². The predicted molar refractivity (Wildman–Crippen MR) is 107 cm³/mol. The Kier molecular flexibility index (Phi) is 4.52. The van der Waals surface area contributed by atoms with Crippen LogP contribution in [0, 0.1) is 0 Å². The Morgan fingerprint density at radius 2 is 1.74 bits per heavy atom. The van der Waals surface area contributed by atoms with Crippen molar-refractivity contribution in [2.45, 2.75) is 39.2 Å². The first-order valence-corrected chi connectivity index (χ1v) is 9.54. The first-order chi connectivity index (χ1) is 13.2. The van der Waals surface area contributed by atoms with Gasteiger partial charge in [0.05, 0.1) is 16.8 Å². The van der Waals surface area contributed by atoms with Crippen molar-refractivity contribution >= 4 is 22.5 Å². The quantitative estimate of drug-likeness (QED) is 0.699. The van der Waals surface area contributed by atoms with E-state index in [1.54, 1.807) is 10.6 Å². The van der Waals surface area contributed by atoms with Crippen molar-refractivity contribution in [3.63, 3.8) is 0 Å². The molecule has 0 saturated heterocycles. The van der Waals surface area contributed by atoms with Crippen LogP contribution >= 0.6 is 0 Å². The second-order valence-corrected chi connectivity index (χ2v) is 6.90. The molecular weight excluding hydrogens is 338 g/mol. The van der Waals surface area contributed by atoms with E-state index in [0.29, 0.717) is 36.2 Å². The van der Waals surface area contributed by atoms with Gasteiger partial charge in [0, 0.05) is 25.2 Å². The van der Waals surface area contributed by atoms with Crippen LogP contribution in [0.15, 0.2) is 53.3 Å². The second-order valence-electron chi connectivity index (χ2n) is 6.90. The summed E-state index contributed by atoms with van der Waals surface area (Å²) in [4.78, 5) is 32.6. The Bertz CT molecular complexity index is 1070. The van der Waals surface area contributed by atoms with Gasteiger partial charge in [0.15, 0.2) is 0 Å². The van der Waals surface area contributed by atoms with E-state index in [2.05, 4.69) is 6.92 Å². The molecule has 2 aromatic carbocycles. The SMILES string of the molecule is CCCN1C(=O)[C@@H](Cc2nc3ccccc3c(=O)n2CC)c2ccccc21. The minimum absolute atomic E-state index is 0.0396. The number of para-hydroxylation sites is 2. The second kappa shape index (κ2) is 6.99. The molecule has 3 aromatic rings. The van der Waals surface area contributed by atoms with Crippen LogP contribution < -0.4 is 10.5 Å². The fourth-order valence-corrected chi connectivity index (χ4v) is 4.00. The molecule has 138 valence electrons. The summed E-state index contributed by atoms with van der Waals surface area (Å²) in [6, 6.07) is 15.3. The molecule has 4 rings (SSSR count). The van der Waals surface area contributed by atoms with Crippen molar-refractivity contribution in [2.24, 2.45) is 0 Å². The first kappa shape index (κ1) is 17.5. The van der Waals surface area contributed by atoms with Crippen molar-refractivity contribution in [1.82, 2.24) is 9.55 Å². The predicted octanol–water partition coefficient (Wildman–Crippen LogP) is 3.50. The van der Waals surface area contributed by atoms with Crippen molar-refractivity contribution in [2.75, 3.05) is 11.4 Å². The zero-order valence-electron chi connectivity index (χ0n) is 15.7. The van der Waals surface area contributed by atoms with E-state index in [4.69, 9.17) is 4.98 Å². The molecule has 0 saturated carbocycles. The summed E-state index contributed by atoms with van der Waals surface area (Å²) in [6.07, 6.45) is 1.34. The van der Waals surface area contributed by atoms with Gasteiger partial charge in [0.2, 0.25) is 5.91 Å². The van der Waals surface area contributed by atoms with Crippen molar-refractivity contribution in [1.29, 1.82) is 0 Å². The lowest BCUT2D eigenvalue weighted by Gasteiger charge is -2.17. The van der Waals surface area contributed by atoms with Crippen LogP contribution in [-0.4, -0.2) is 22.0 Å². The molecule has 2 heterocycles. The fourth-order valence-electron chi connectivity index (χ4n) is 4.00. The molecule has 5 nitrogen and oxygen atoms in total. The highest BCUT2D eigenvalue weighted by molar-refractivity contribution is 6.05. The number of aromatic nitrogens is 2. The van der Waals surface area contributed by atoms with Crippen molar-refractivity contribution in [3.8, 4) is 0 Å². The molecule has 27 heavy (non-hydrogen) atoms. The Morgan fingerprint density at radius 3 is 2.52 bits per heavy atom. The molecule has 0 N–H and O–H groups in total. The number of rotatable bonds is 5. The van der Waals surface area contributed by atoms with E-state index >= 15 is 0 Å². The third kappa shape index (κ3) is 2.83. The van der Waals surface area contributed by atoms with Crippen LogP contribution in [0.4, 0.5) is 5.69 Å². The minimum Gasteiger partial charge on any atom is -0.312 e. The molecule has 0 fully saturated rings. The highest BCUT2D eigenvalue weighted by atomic mass is 16.2. The van der Waals surface area contributed by atoms with E-state index in [0.717, 1.165) is 17.7 Å². The van der Waals surface area contributed by atoms with Gasteiger partial charge in [-0.05, 0) is 37.1 Å². The zero-order valence-corrected chi connectivity index (χ0v) is 15.7. The molecule has 1 aliphatic rings. The van der Waals surface area contributed by atoms with E-state index in [1.165, 1.54) is 0 Å². The molecule has 5 heteroatoms. The van der Waals surface area contributed by atoms with Gasteiger partial charge < -0.3 is 4.90 Å². The lowest BCUT2D eigenvalue weighted by molar-refractivity contribution is -0.119. The maximum absolute atomic E-state index is 13.1. The molecule has 0 bridgehead atoms. The molecule has 1 amide bonds. The van der Waals surface area contributed by atoms with E-state index in [-0.39, 0.29) is 17.4 Å². The zero-order chi connectivity index (χ0) is 19.0. The molecular formula is C22H23N3O2. The number of carbonyl (C=O) groups is 1. The minimum atomic E-state index is -0.293. The van der Waals surface area contributed by atoms with Crippen molar-refractivity contribution in [3.05, 3.63) is 70.3 Å². The monoisotopic (exact) mass is 361 g/mol. The highest BCUT2D eigenvalue weighted by Gasteiger charge is 2.37. The summed E-state index contributed by atoms with van der Waals surface area (Å²) < 4.78 is 1.70. The topological polar surface area (TPSA) is 55.2 Å². The summed E-state index contributed by atoms with van der Waals surface area (Å²) in [5.41, 5.74) is 2.66. The van der Waals surface area contributed by atoms with E-state index < -0.39 is 0 Å². The number of anilines is 1. The molecule has 0 spiro atoms. The molecule has 0 radical (unpaired) electrons. The van der Waals surface area contributed by atoms with Gasteiger partial charge in [-0.2, -0.15) is 0 Å². The normalized spacial score (nSPS) is 16.1. The number of benzene rings is 2. The van der Waals surface area contributed by atoms with Crippen LogP contribution in [0.5, 0.6) is 0 Å². The van der Waals surface area contributed by atoms with E-state index in [9.17, 15) is 9.59 Å². The van der Waals surface area contributed by atoms with Crippen molar-refractivity contribution < 1.29 is 4.79 Å². The van der Waals surface area contributed by atoms with Crippen LogP contribution in [0.25, 0.3) is 10.9 Å². The number of fused-ring (bicyclic) bond motifs is 2. The Balaban J connectivity index is 1.80. The van der Waals surface area contributed by atoms with Gasteiger partial charge in [-0.1, -0.05) is 37.3 Å². The standard InChI is InChI=1S/C22H23N3O2/c1-3-13-25-19-12-8-6-9-15(19)17(22(25)27)14-20-23-18-11-7-5-10-16(18)21(26)24(20)4-2/h5-12,17H,3-4,13-14H2,1-2H3/t17-/m0/s1. The van der Waals surface area contributed by atoms with Crippen LogP contribution in [0.1, 0.15) is 37.6 Å².